The number of benzene rings is 1. The predicted octanol–water partition coefficient (Wildman–Crippen LogP) is -0.283. The van der Waals surface area contributed by atoms with Crippen molar-refractivity contribution in [3.05, 3.63) is 23.8 Å². The van der Waals surface area contributed by atoms with Gasteiger partial charge in [0.05, 0.1) is 19.8 Å². The third-order valence-electron chi connectivity index (χ3n) is 4.53. The lowest BCUT2D eigenvalue weighted by atomic mass is 9.99. The highest BCUT2D eigenvalue weighted by atomic mass is 19.1. The Morgan fingerprint density at radius 3 is 2.55 bits per heavy atom. The molecular formula is C20H30FNO9. The number of rotatable bonds is 12. The van der Waals surface area contributed by atoms with Crippen LogP contribution in [0.15, 0.2) is 18.2 Å². The molecule has 0 aliphatic carbocycles. The Balaban J connectivity index is 1.93. The van der Waals surface area contributed by atoms with Gasteiger partial charge < -0.3 is 44.7 Å². The number of carbonyl (C=O) groups excluding carboxylic acids is 1. The van der Waals surface area contributed by atoms with Crippen LogP contribution >= 0.6 is 0 Å². The van der Waals surface area contributed by atoms with Crippen LogP contribution in [0.5, 0.6) is 5.75 Å². The van der Waals surface area contributed by atoms with E-state index in [2.05, 4.69) is 5.32 Å². The standard InChI is InChI=1S/C20H30FNO9/c1-2-5-28-6-7-29-11-16(24)22-13-3-4-14(12(8-13)9-21)30-20-19(27)18(26)17(25)15(10-23)31-20/h3-4,8,15,17-20,23,25-27H,2,5-7,9-11H2,1H3,(H,22,24)/t15-,17+,18+,19-,20-/m1/s1/i21+0. The number of nitrogens with one attached hydrogen (secondary N) is 1. The smallest absolute Gasteiger partial charge is 0.250 e. The fraction of sp³-hybridized carbons (Fsp3) is 0.650. The number of aliphatic hydroxyl groups excluding tert-OH is 4. The topological polar surface area (TPSA) is 147 Å². The Morgan fingerprint density at radius 2 is 1.87 bits per heavy atom. The third-order valence-corrected chi connectivity index (χ3v) is 4.53. The van der Waals surface area contributed by atoms with Crippen LogP contribution in [0.25, 0.3) is 0 Å². The van der Waals surface area contributed by atoms with E-state index in [1.165, 1.54) is 18.2 Å². The van der Waals surface area contributed by atoms with Crippen molar-refractivity contribution < 1.29 is 48.6 Å². The van der Waals surface area contributed by atoms with Crippen molar-refractivity contribution in [3.63, 3.8) is 0 Å². The molecule has 0 unspecified atom stereocenters. The van der Waals surface area contributed by atoms with Crippen LogP contribution in [-0.2, 0) is 25.7 Å². The first kappa shape index (κ1) is 25.4. The van der Waals surface area contributed by atoms with Gasteiger partial charge in [0.2, 0.25) is 12.2 Å². The van der Waals surface area contributed by atoms with Gasteiger partial charge >= 0.3 is 0 Å². The number of aliphatic hydroxyl groups is 4. The molecule has 0 saturated carbocycles. The second-order valence-electron chi connectivity index (χ2n) is 6.98. The zero-order valence-electron chi connectivity index (χ0n) is 17.3. The van der Waals surface area contributed by atoms with Crippen LogP contribution in [0.4, 0.5) is 10.1 Å². The number of halogens is 1. The lowest BCUT2D eigenvalue weighted by Gasteiger charge is -2.39. The summed E-state index contributed by atoms with van der Waals surface area (Å²) in [5.41, 5.74) is 0.369. The Morgan fingerprint density at radius 1 is 1.13 bits per heavy atom. The SMILES string of the molecule is CCCOCCOCC(=O)Nc1ccc(O[C@@H]2O[C@H](CO)[C@H](O)[C@H](O)[C@H]2O)c(C[19F])c1. The van der Waals surface area contributed by atoms with Gasteiger partial charge in [-0.15, -0.1) is 0 Å². The molecule has 0 radical (unpaired) electrons. The zero-order chi connectivity index (χ0) is 22.8. The minimum absolute atomic E-state index is 0.00847. The van der Waals surface area contributed by atoms with E-state index in [1.807, 2.05) is 6.92 Å². The van der Waals surface area contributed by atoms with E-state index in [0.29, 0.717) is 18.9 Å². The van der Waals surface area contributed by atoms with Gasteiger partial charge in [0.1, 0.15) is 43.4 Å². The second kappa shape index (κ2) is 12.9. The number of amides is 1. The Bertz CT molecular complexity index is 691. The summed E-state index contributed by atoms with van der Waals surface area (Å²) in [6, 6.07) is 4.17. The molecule has 1 aliphatic rings. The number of hydrogen-bond acceptors (Lipinski definition) is 9. The molecule has 0 spiro atoms. The van der Waals surface area contributed by atoms with Crippen LogP contribution in [-0.4, -0.2) is 90.1 Å². The molecule has 176 valence electrons. The van der Waals surface area contributed by atoms with Crippen molar-refractivity contribution in [1.29, 1.82) is 0 Å². The molecule has 1 fully saturated rings. The molecule has 0 aromatic heterocycles. The predicted molar refractivity (Wildman–Crippen MR) is 106 cm³/mol. The molecule has 1 aliphatic heterocycles. The largest absolute Gasteiger partial charge is 0.462 e. The summed E-state index contributed by atoms with van der Waals surface area (Å²) in [5.74, 6) is -0.419. The molecule has 31 heavy (non-hydrogen) atoms. The van der Waals surface area contributed by atoms with Crippen molar-refractivity contribution >= 4 is 11.6 Å². The summed E-state index contributed by atoms with van der Waals surface area (Å²) in [6.07, 6.45) is -6.46. The molecule has 2 rings (SSSR count). The lowest BCUT2D eigenvalue weighted by Crippen LogP contribution is -2.60. The van der Waals surface area contributed by atoms with E-state index in [4.69, 9.17) is 18.9 Å². The van der Waals surface area contributed by atoms with Gasteiger partial charge in [-0.3, -0.25) is 4.79 Å². The van der Waals surface area contributed by atoms with E-state index in [1.54, 1.807) is 0 Å². The number of anilines is 1. The summed E-state index contributed by atoms with van der Waals surface area (Å²) in [7, 11) is 0. The number of carbonyl (C=O) groups is 1. The molecule has 5 atom stereocenters. The van der Waals surface area contributed by atoms with E-state index >= 15 is 0 Å². The molecule has 1 saturated heterocycles. The van der Waals surface area contributed by atoms with Crippen LogP contribution in [0.2, 0.25) is 0 Å². The van der Waals surface area contributed by atoms with E-state index in [9.17, 15) is 29.6 Å². The first-order valence-electron chi connectivity index (χ1n) is 10.0. The van der Waals surface area contributed by atoms with Crippen molar-refractivity contribution in [1.82, 2.24) is 0 Å². The summed E-state index contributed by atoms with van der Waals surface area (Å²) >= 11 is 0. The first-order valence-corrected chi connectivity index (χ1v) is 10.0. The van der Waals surface area contributed by atoms with Gasteiger partial charge in [-0.2, -0.15) is 0 Å². The zero-order valence-corrected chi connectivity index (χ0v) is 17.3. The monoisotopic (exact) mass is 447 g/mol. The average Bonchev–Trinajstić information content (AvgIpc) is 2.77. The van der Waals surface area contributed by atoms with E-state index in [0.717, 1.165) is 6.42 Å². The van der Waals surface area contributed by atoms with Gasteiger partial charge in [-0.25, -0.2) is 4.39 Å². The molecule has 1 heterocycles. The van der Waals surface area contributed by atoms with Crippen molar-refractivity contribution in [3.8, 4) is 5.75 Å². The summed E-state index contributed by atoms with van der Waals surface area (Å²) < 4.78 is 34.7. The highest BCUT2D eigenvalue weighted by molar-refractivity contribution is 5.91. The van der Waals surface area contributed by atoms with Crippen molar-refractivity contribution in [2.75, 3.05) is 38.4 Å². The molecule has 10 nitrogen and oxygen atoms in total. The minimum Gasteiger partial charge on any atom is -0.462 e. The van der Waals surface area contributed by atoms with Gasteiger partial charge in [-0.05, 0) is 24.6 Å². The molecule has 1 amide bonds. The molecule has 11 heteroatoms. The average molecular weight is 447 g/mol. The number of hydrogen-bond donors (Lipinski definition) is 5. The highest BCUT2D eigenvalue weighted by Crippen LogP contribution is 2.29. The molecule has 1 aromatic rings. The molecule has 5 N–H and O–H groups in total. The molecular weight excluding hydrogens is 417 g/mol. The van der Waals surface area contributed by atoms with Crippen molar-refractivity contribution in [2.45, 2.75) is 50.7 Å². The van der Waals surface area contributed by atoms with Crippen LogP contribution in [0.3, 0.4) is 0 Å². The highest BCUT2D eigenvalue weighted by Gasteiger charge is 2.44. The fourth-order valence-electron chi connectivity index (χ4n) is 2.89. The Hall–Kier alpha value is -1.86. The lowest BCUT2D eigenvalue weighted by molar-refractivity contribution is -0.277. The normalized spacial score (nSPS) is 25.9. The van der Waals surface area contributed by atoms with Crippen LogP contribution in [0.1, 0.15) is 18.9 Å². The summed E-state index contributed by atoms with van der Waals surface area (Å²) in [4.78, 5) is 12.0. The van der Waals surface area contributed by atoms with Gasteiger partial charge in [0.15, 0.2) is 0 Å². The van der Waals surface area contributed by atoms with E-state index in [-0.39, 0.29) is 24.5 Å². The van der Waals surface area contributed by atoms with Crippen LogP contribution < -0.4 is 10.1 Å². The molecule has 1 aromatic carbocycles. The second-order valence-corrected chi connectivity index (χ2v) is 6.98. The maximum absolute atomic E-state index is 13.5. The molecule has 0 bridgehead atoms. The maximum Gasteiger partial charge on any atom is 0.250 e. The van der Waals surface area contributed by atoms with Crippen LogP contribution in [0, 0.1) is 0 Å². The first-order chi connectivity index (χ1) is 14.9. The minimum atomic E-state index is -1.62. The summed E-state index contributed by atoms with van der Waals surface area (Å²) in [5, 5.41) is 41.5. The quantitative estimate of drug-likeness (QED) is 0.273. The third kappa shape index (κ3) is 7.35. The summed E-state index contributed by atoms with van der Waals surface area (Å²) in [6.45, 7) is 1.52. The number of alkyl halides is 1. The van der Waals surface area contributed by atoms with E-state index < -0.39 is 49.9 Å². The van der Waals surface area contributed by atoms with Gasteiger partial charge in [0, 0.05) is 17.9 Å². The van der Waals surface area contributed by atoms with Gasteiger partial charge in [0.25, 0.3) is 0 Å². The fourth-order valence-corrected chi connectivity index (χ4v) is 2.89. The Kier molecular flexibility index (Phi) is 10.5. The van der Waals surface area contributed by atoms with Crippen molar-refractivity contribution in [2.24, 2.45) is 0 Å². The number of ether oxygens (including phenoxy) is 4. The van der Waals surface area contributed by atoms with Gasteiger partial charge in [-0.1, -0.05) is 6.92 Å². The maximum atomic E-state index is 13.5. The Labute approximate surface area is 179 Å².